The van der Waals surface area contributed by atoms with E-state index in [4.69, 9.17) is 4.74 Å². The van der Waals surface area contributed by atoms with Gasteiger partial charge >= 0.3 is 6.18 Å². The standard InChI is InChI=1S/C28H28F3N7O5S/c1-15-13-38(14-24(43-15)28(29,30)31)27-36-22(9-25(39)37(27)3)20-6-5-17-10-33-19(8-21(17)35-20)12-34-26(40)18-7-23(44(4,41)42)16(2)32-11-18/h5-11,15,24H,12-14H2,1-4H3,(H,34,40)/t15-,24+/m0/s1. The lowest BCUT2D eigenvalue weighted by atomic mass is 10.2. The SMILES string of the molecule is Cc1ncc(C(=O)NCc2cc3nc(-c4cc(=O)n(C)c(N5C[C@H](C)O[C@@H](C(F)(F)F)C5)n4)ccc3cn2)cc1S(C)(=O)=O. The molecule has 2 atom stereocenters. The highest BCUT2D eigenvalue weighted by molar-refractivity contribution is 7.90. The summed E-state index contributed by atoms with van der Waals surface area (Å²) in [6.45, 7) is 2.64. The van der Waals surface area contributed by atoms with Crippen LogP contribution in [0.15, 0.2) is 52.4 Å². The maximum absolute atomic E-state index is 13.5. The van der Waals surface area contributed by atoms with Crippen LogP contribution in [-0.2, 0) is 28.2 Å². The second kappa shape index (κ2) is 11.6. The Bertz CT molecular complexity index is 1930. The van der Waals surface area contributed by atoms with Crippen LogP contribution in [-0.4, -0.2) is 76.6 Å². The van der Waals surface area contributed by atoms with Gasteiger partial charge in [0.2, 0.25) is 5.95 Å². The molecule has 1 fully saturated rings. The second-order valence-electron chi connectivity index (χ2n) is 10.5. The zero-order valence-electron chi connectivity index (χ0n) is 24.1. The van der Waals surface area contributed by atoms with E-state index in [9.17, 15) is 31.2 Å². The van der Waals surface area contributed by atoms with Crippen molar-refractivity contribution in [2.45, 2.75) is 43.7 Å². The van der Waals surface area contributed by atoms with Gasteiger partial charge in [-0.3, -0.25) is 24.1 Å². The predicted octanol–water partition coefficient (Wildman–Crippen LogP) is 2.58. The highest BCUT2D eigenvalue weighted by atomic mass is 32.2. The van der Waals surface area contributed by atoms with Gasteiger partial charge in [0.25, 0.3) is 11.5 Å². The van der Waals surface area contributed by atoms with Gasteiger partial charge in [-0.05, 0) is 38.1 Å². The number of nitrogens with one attached hydrogen (secondary N) is 1. The van der Waals surface area contributed by atoms with Crippen molar-refractivity contribution in [1.29, 1.82) is 0 Å². The smallest absolute Gasteiger partial charge is 0.362 e. The maximum Gasteiger partial charge on any atom is 0.416 e. The number of carbonyl (C=O) groups excluding carboxylic acids is 1. The number of amides is 1. The van der Waals surface area contributed by atoms with Crippen molar-refractivity contribution in [3.63, 3.8) is 0 Å². The number of halogens is 3. The van der Waals surface area contributed by atoms with Gasteiger partial charge in [0, 0.05) is 43.7 Å². The zero-order valence-corrected chi connectivity index (χ0v) is 24.9. The molecule has 0 unspecified atom stereocenters. The molecule has 0 saturated carbocycles. The lowest BCUT2D eigenvalue weighted by Gasteiger charge is -2.38. The van der Waals surface area contributed by atoms with Gasteiger partial charge in [0.05, 0.1) is 57.9 Å². The van der Waals surface area contributed by atoms with Crippen molar-refractivity contribution >= 4 is 32.6 Å². The summed E-state index contributed by atoms with van der Waals surface area (Å²) in [6, 6.07) is 7.49. The summed E-state index contributed by atoms with van der Waals surface area (Å²) in [7, 11) is -2.14. The molecule has 1 N–H and O–H groups in total. The van der Waals surface area contributed by atoms with Crippen LogP contribution in [0.25, 0.3) is 22.3 Å². The summed E-state index contributed by atoms with van der Waals surface area (Å²) in [5.41, 5.74) is 1.28. The number of rotatable bonds is 6. The van der Waals surface area contributed by atoms with Crippen LogP contribution in [0.1, 0.15) is 28.7 Å². The first-order valence-corrected chi connectivity index (χ1v) is 15.3. The average Bonchev–Trinajstić information content (AvgIpc) is 2.95. The number of hydrogen-bond acceptors (Lipinski definition) is 10. The molecular formula is C28H28F3N7O5S. The Labute approximate surface area is 249 Å². The van der Waals surface area contributed by atoms with Crippen molar-refractivity contribution in [3.05, 3.63) is 70.0 Å². The van der Waals surface area contributed by atoms with Crippen molar-refractivity contribution in [3.8, 4) is 11.4 Å². The molecule has 0 radical (unpaired) electrons. The average molecular weight is 632 g/mol. The summed E-state index contributed by atoms with van der Waals surface area (Å²) >= 11 is 0. The molecular weight excluding hydrogens is 603 g/mol. The van der Waals surface area contributed by atoms with Crippen molar-refractivity contribution < 1.29 is 31.1 Å². The number of aromatic nitrogens is 5. The summed E-state index contributed by atoms with van der Waals surface area (Å²) in [5.74, 6) is -0.491. The summed E-state index contributed by atoms with van der Waals surface area (Å²) < 4.78 is 70.6. The highest BCUT2D eigenvalue weighted by Gasteiger charge is 2.45. The molecule has 1 aliphatic heterocycles. The number of morpholine rings is 1. The molecule has 0 aromatic carbocycles. The van der Waals surface area contributed by atoms with E-state index >= 15 is 0 Å². The maximum atomic E-state index is 13.5. The number of fused-ring (bicyclic) bond motifs is 1. The summed E-state index contributed by atoms with van der Waals surface area (Å²) in [4.78, 5) is 44.4. The largest absolute Gasteiger partial charge is 0.416 e. The van der Waals surface area contributed by atoms with Crippen LogP contribution >= 0.6 is 0 Å². The Morgan fingerprint density at radius 3 is 2.55 bits per heavy atom. The van der Waals surface area contributed by atoms with Crippen molar-refractivity contribution in [2.24, 2.45) is 7.05 Å². The van der Waals surface area contributed by atoms with E-state index < -0.39 is 46.2 Å². The first kappa shape index (κ1) is 31.0. The van der Waals surface area contributed by atoms with Crippen LogP contribution in [0.5, 0.6) is 0 Å². The molecule has 0 aliphatic carbocycles. The normalized spacial score (nSPS) is 17.6. The number of aryl methyl sites for hydroxylation is 1. The van der Waals surface area contributed by atoms with Crippen LogP contribution < -0.4 is 15.8 Å². The van der Waals surface area contributed by atoms with E-state index in [-0.39, 0.29) is 40.9 Å². The Kier molecular flexibility index (Phi) is 8.15. The van der Waals surface area contributed by atoms with E-state index in [1.54, 1.807) is 24.4 Å². The van der Waals surface area contributed by atoms with Gasteiger partial charge < -0.3 is 15.0 Å². The lowest BCUT2D eigenvalue weighted by Crippen LogP contribution is -2.53. The summed E-state index contributed by atoms with van der Waals surface area (Å²) in [6.07, 6.45) is -3.48. The minimum absolute atomic E-state index is 0.00731. The first-order chi connectivity index (χ1) is 20.6. The molecule has 1 saturated heterocycles. The molecule has 0 bridgehead atoms. The van der Waals surface area contributed by atoms with Gasteiger partial charge in [-0.15, -0.1) is 0 Å². The van der Waals surface area contributed by atoms with E-state index in [2.05, 4.69) is 25.3 Å². The molecule has 44 heavy (non-hydrogen) atoms. The van der Waals surface area contributed by atoms with E-state index in [1.807, 2.05) is 0 Å². The molecule has 12 nitrogen and oxygen atoms in total. The van der Waals surface area contributed by atoms with Gasteiger partial charge in [-0.25, -0.2) is 18.4 Å². The molecule has 1 amide bonds. The molecule has 5 rings (SSSR count). The van der Waals surface area contributed by atoms with Gasteiger partial charge in [-0.2, -0.15) is 13.2 Å². The molecule has 16 heteroatoms. The first-order valence-electron chi connectivity index (χ1n) is 13.4. The Balaban J connectivity index is 1.40. The molecule has 232 valence electrons. The number of hydrogen-bond donors (Lipinski definition) is 1. The fourth-order valence-corrected chi connectivity index (χ4v) is 5.75. The van der Waals surface area contributed by atoms with Gasteiger partial charge in [0.1, 0.15) is 0 Å². The molecule has 0 spiro atoms. The van der Waals surface area contributed by atoms with Crippen molar-refractivity contribution in [1.82, 2.24) is 29.8 Å². The third-order valence-corrected chi connectivity index (χ3v) is 8.26. The predicted molar refractivity (Wildman–Crippen MR) is 154 cm³/mol. The number of alkyl halides is 3. The topological polar surface area (TPSA) is 149 Å². The number of pyridine rings is 3. The Morgan fingerprint density at radius 2 is 1.84 bits per heavy atom. The van der Waals surface area contributed by atoms with E-state index in [0.717, 1.165) is 6.26 Å². The fourth-order valence-electron chi connectivity index (χ4n) is 4.82. The minimum Gasteiger partial charge on any atom is -0.362 e. The number of carbonyl (C=O) groups is 1. The van der Waals surface area contributed by atoms with E-state index in [0.29, 0.717) is 22.3 Å². The van der Waals surface area contributed by atoms with E-state index in [1.165, 1.54) is 48.7 Å². The molecule has 1 aliphatic rings. The quantitative estimate of drug-likeness (QED) is 0.337. The number of ether oxygens (including phenoxy) is 1. The number of sulfone groups is 1. The van der Waals surface area contributed by atoms with Crippen LogP contribution in [0.4, 0.5) is 19.1 Å². The third-order valence-electron chi connectivity index (χ3n) is 7.04. The Hall–Kier alpha value is -4.44. The summed E-state index contributed by atoms with van der Waals surface area (Å²) in [5, 5.41) is 3.34. The Morgan fingerprint density at radius 1 is 1.09 bits per heavy atom. The van der Waals surface area contributed by atoms with Crippen molar-refractivity contribution in [2.75, 3.05) is 24.2 Å². The van der Waals surface area contributed by atoms with Crippen LogP contribution in [0.2, 0.25) is 0 Å². The second-order valence-corrected chi connectivity index (χ2v) is 12.5. The van der Waals surface area contributed by atoms with Crippen LogP contribution in [0, 0.1) is 6.92 Å². The lowest BCUT2D eigenvalue weighted by molar-refractivity contribution is -0.233. The van der Waals surface area contributed by atoms with Gasteiger partial charge in [0.15, 0.2) is 15.9 Å². The highest BCUT2D eigenvalue weighted by Crippen LogP contribution is 2.30. The molecule has 4 aromatic heterocycles. The third kappa shape index (κ3) is 6.55. The zero-order chi connectivity index (χ0) is 32.0. The van der Waals surface area contributed by atoms with Crippen LogP contribution in [0.3, 0.4) is 0 Å². The number of nitrogens with zero attached hydrogens (tertiary/aromatic N) is 6. The minimum atomic E-state index is -4.58. The van der Waals surface area contributed by atoms with Gasteiger partial charge in [-0.1, -0.05) is 0 Å². The fraction of sp³-hybridized carbons (Fsp3) is 0.357. The number of anilines is 1. The molecule has 4 aromatic rings. The monoisotopic (exact) mass is 631 g/mol. The molecule has 5 heterocycles.